The van der Waals surface area contributed by atoms with Crippen molar-refractivity contribution < 1.29 is 39.2 Å². The second-order valence-corrected chi connectivity index (χ2v) is 14.7. The number of carboxylic acids is 2. The first-order chi connectivity index (χ1) is 26.9. The number of rotatable bonds is 9. The van der Waals surface area contributed by atoms with E-state index in [1.165, 1.54) is 30.3 Å². The summed E-state index contributed by atoms with van der Waals surface area (Å²) >= 11 is 5.51. The van der Waals surface area contributed by atoms with Gasteiger partial charge in [0.05, 0.1) is 11.3 Å². The minimum Gasteiger partial charge on any atom is -0.508 e. The molecule has 7 N–H and O–H groups in total. The molecule has 57 heavy (non-hydrogen) atoms. The average Bonchev–Trinajstić information content (AvgIpc) is 3.14. The van der Waals surface area contributed by atoms with Crippen molar-refractivity contribution in [1.29, 1.82) is 0 Å². The molecule has 1 amide bonds. The predicted octanol–water partition coefficient (Wildman–Crippen LogP) is 7.56. The van der Waals surface area contributed by atoms with Gasteiger partial charge in [-0.25, -0.2) is 15.0 Å². The number of hydrogen-bond donors (Lipinski definition) is 7. The van der Waals surface area contributed by atoms with E-state index in [1.54, 1.807) is 80.6 Å². The van der Waals surface area contributed by atoms with Gasteiger partial charge in [-0.1, -0.05) is 26.0 Å². The lowest BCUT2D eigenvalue weighted by Crippen LogP contribution is -2.48. The number of carboxylic acid groups (broad SMARTS) is 2. The Bertz CT molecular complexity index is 2620. The van der Waals surface area contributed by atoms with Crippen LogP contribution in [0.5, 0.6) is 5.75 Å². The molecule has 0 radical (unpaired) electrons. The smallest absolute Gasteiger partial charge is 0.336 e. The van der Waals surface area contributed by atoms with Crippen molar-refractivity contribution >= 4 is 63.2 Å². The summed E-state index contributed by atoms with van der Waals surface area (Å²) in [4.78, 5) is 48.7. The quantitative estimate of drug-likeness (QED) is 0.0254. The van der Waals surface area contributed by atoms with Crippen molar-refractivity contribution in [2.24, 2.45) is 10.5 Å². The van der Waals surface area contributed by atoms with Crippen LogP contribution in [0.4, 0.5) is 11.4 Å². The molecule has 1 atom stereocenters. The summed E-state index contributed by atoms with van der Waals surface area (Å²) in [5, 5.41) is 51.9. The molecule has 1 heterocycles. The molecule has 0 unspecified atom stereocenters. The zero-order chi connectivity index (χ0) is 41.2. The van der Waals surface area contributed by atoms with Gasteiger partial charge in [0.1, 0.15) is 22.7 Å². The van der Waals surface area contributed by atoms with Crippen molar-refractivity contribution in [3.8, 4) is 28.2 Å². The zero-order valence-electron chi connectivity index (χ0n) is 31.2. The molecule has 3 aliphatic rings. The van der Waals surface area contributed by atoms with Crippen LogP contribution in [0.2, 0.25) is 0 Å². The number of aromatic hydroxyl groups is 1. The highest BCUT2D eigenvalue weighted by atomic mass is 32.1. The van der Waals surface area contributed by atoms with E-state index in [-0.39, 0.29) is 33.2 Å². The number of hydrazone groups is 1. The van der Waals surface area contributed by atoms with Crippen LogP contribution < -0.4 is 21.5 Å². The van der Waals surface area contributed by atoms with E-state index >= 15 is 0 Å². The number of benzene rings is 4. The zero-order valence-corrected chi connectivity index (χ0v) is 32.0. The van der Waals surface area contributed by atoms with Crippen LogP contribution in [0.3, 0.4) is 0 Å². The number of aromatic carboxylic acids is 1. The lowest BCUT2D eigenvalue weighted by Gasteiger charge is -2.44. The normalized spacial score (nSPS) is 17.4. The number of amides is 1. The molecule has 0 bridgehead atoms. The summed E-state index contributed by atoms with van der Waals surface area (Å²) in [7, 11) is 0. The van der Waals surface area contributed by atoms with Crippen LogP contribution in [0.25, 0.3) is 33.4 Å². The van der Waals surface area contributed by atoms with E-state index in [0.29, 0.717) is 62.3 Å². The summed E-state index contributed by atoms with van der Waals surface area (Å²) in [6, 6.07) is 19.9. The fourth-order valence-corrected chi connectivity index (χ4v) is 7.04. The van der Waals surface area contributed by atoms with Gasteiger partial charge in [0.2, 0.25) is 0 Å². The van der Waals surface area contributed by atoms with Crippen LogP contribution in [0, 0.1) is 5.41 Å². The maximum absolute atomic E-state index is 13.0. The number of phenolic OH excluding ortho intramolecular Hbond substituents is 1. The van der Waals surface area contributed by atoms with Gasteiger partial charge < -0.3 is 35.5 Å². The summed E-state index contributed by atoms with van der Waals surface area (Å²) in [5.41, 5.74) is 4.64. The Labute approximate surface area is 331 Å². The monoisotopic (exact) mass is 786 g/mol. The van der Waals surface area contributed by atoms with Crippen molar-refractivity contribution in [3.63, 3.8) is 0 Å². The van der Waals surface area contributed by atoms with Gasteiger partial charge in [-0.15, -0.1) is 0 Å². The van der Waals surface area contributed by atoms with E-state index in [0.717, 1.165) is 6.08 Å². The standard InChI is InChI=1S/C43H38N4O9S/c1-23(17-37(50)51)15-16-43(55)24(2)18-28(22-42(43,3)4)46-47-39(52)25-5-7-26(8-6-25)44-41(57)45-27-9-12-31(34(19-27)40(53)54)38-32-13-10-29(48)20-35(32)56-36-21-30(49)11-14-33(36)38/h5-21,48,55H,22H2,1-4H3,(H,47,52)(H,50,51)(H,53,54)(H2,44,45,57)/b16-15+,23-17-,46-28+/t43-/m1/s1. The minimum absolute atomic E-state index is 0.0507. The first-order valence-corrected chi connectivity index (χ1v) is 18.0. The van der Waals surface area contributed by atoms with Gasteiger partial charge in [0, 0.05) is 57.1 Å². The summed E-state index contributed by atoms with van der Waals surface area (Å²) in [6.07, 6.45) is 6.22. The number of aliphatic hydroxyl groups is 1. The first kappa shape index (κ1) is 39.8. The number of hydrogen-bond acceptors (Lipinski definition) is 9. The third-order valence-electron chi connectivity index (χ3n) is 9.74. The Morgan fingerprint density at radius 1 is 0.912 bits per heavy atom. The van der Waals surface area contributed by atoms with E-state index in [9.17, 15) is 34.5 Å². The molecule has 0 saturated carbocycles. The molecule has 3 aromatic carbocycles. The van der Waals surface area contributed by atoms with Crippen LogP contribution in [-0.4, -0.2) is 54.7 Å². The number of nitrogens with zero attached hydrogens (tertiary/aromatic N) is 1. The van der Waals surface area contributed by atoms with E-state index < -0.39 is 28.9 Å². The molecule has 13 nitrogen and oxygen atoms in total. The molecular weight excluding hydrogens is 749 g/mol. The fourth-order valence-electron chi connectivity index (χ4n) is 6.81. The van der Waals surface area contributed by atoms with Crippen LogP contribution >= 0.6 is 12.2 Å². The SMILES string of the molecule is CC1=C/C(=N\NC(=O)c2ccc(NC(=S)Nc3ccc(-c4c5ccc(=O)cc-5oc5cc(O)ccc45)c(C(=O)O)c3)cc2)CC(C)(C)[C@@]1(O)/C=C/C(C)=C\C(=O)O. The fraction of sp³-hybridized carbons (Fsp3) is 0.163. The highest BCUT2D eigenvalue weighted by molar-refractivity contribution is 7.80. The van der Waals surface area contributed by atoms with Crippen molar-refractivity contribution in [2.45, 2.75) is 39.7 Å². The van der Waals surface area contributed by atoms with E-state index in [2.05, 4.69) is 21.2 Å². The van der Waals surface area contributed by atoms with Crippen molar-refractivity contribution in [2.75, 3.05) is 10.6 Å². The molecule has 0 spiro atoms. The average molecular weight is 787 g/mol. The van der Waals surface area contributed by atoms with Gasteiger partial charge in [-0.2, -0.15) is 5.10 Å². The number of allylic oxidation sites excluding steroid dienone is 3. The first-order valence-electron chi connectivity index (χ1n) is 17.6. The Balaban J connectivity index is 1.14. The molecule has 1 aliphatic heterocycles. The Kier molecular flexibility index (Phi) is 10.9. The predicted molar refractivity (Wildman–Crippen MR) is 222 cm³/mol. The van der Waals surface area contributed by atoms with Gasteiger partial charge in [0.15, 0.2) is 10.5 Å². The molecule has 2 aliphatic carbocycles. The number of fused-ring (bicyclic) bond motifs is 2. The second kappa shape index (κ2) is 15.7. The van der Waals surface area contributed by atoms with Gasteiger partial charge >= 0.3 is 11.9 Å². The highest BCUT2D eigenvalue weighted by Crippen LogP contribution is 2.45. The molecule has 0 aromatic heterocycles. The van der Waals surface area contributed by atoms with E-state index in [1.807, 2.05) is 13.8 Å². The molecule has 3 aromatic rings. The van der Waals surface area contributed by atoms with Gasteiger partial charge in [0.25, 0.3) is 5.91 Å². The number of phenols is 1. The minimum atomic E-state index is -1.37. The maximum Gasteiger partial charge on any atom is 0.336 e. The topological polar surface area (TPSA) is 211 Å². The lowest BCUT2D eigenvalue weighted by molar-refractivity contribution is -0.131. The summed E-state index contributed by atoms with van der Waals surface area (Å²) < 4.78 is 5.90. The third-order valence-corrected chi connectivity index (χ3v) is 9.94. The largest absolute Gasteiger partial charge is 0.508 e. The highest BCUT2D eigenvalue weighted by Gasteiger charge is 2.46. The van der Waals surface area contributed by atoms with Crippen molar-refractivity contribution in [1.82, 2.24) is 5.43 Å². The maximum atomic E-state index is 13.0. The Morgan fingerprint density at radius 3 is 2.28 bits per heavy atom. The number of thiocarbonyl (C=S) groups is 1. The molecule has 14 heteroatoms. The molecule has 0 fully saturated rings. The second-order valence-electron chi connectivity index (χ2n) is 14.3. The lowest BCUT2D eigenvalue weighted by atomic mass is 9.64. The molecule has 290 valence electrons. The molecular formula is C43H38N4O9S. The number of carbonyl (C=O) groups is 3. The summed E-state index contributed by atoms with van der Waals surface area (Å²) in [5.74, 6) is -2.57. The van der Waals surface area contributed by atoms with Crippen LogP contribution in [0.1, 0.15) is 54.8 Å². The van der Waals surface area contributed by atoms with Crippen molar-refractivity contribution in [3.05, 3.63) is 136 Å². The molecule has 0 saturated heterocycles. The van der Waals surface area contributed by atoms with Gasteiger partial charge in [-0.05, 0) is 122 Å². The summed E-state index contributed by atoms with van der Waals surface area (Å²) in [6.45, 7) is 7.09. The number of aliphatic carboxylic acids is 1. The number of carbonyl (C=O) groups excluding carboxylic acids is 1. The van der Waals surface area contributed by atoms with Crippen LogP contribution in [0.15, 0.2) is 129 Å². The number of anilines is 2. The van der Waals surface area contributed by atoms with Gasteiger partial charge in [-0.3, -0.25) is 9.59 Å². The number of nitrogens with one attached hydrogen (secondary N) is 3. The third kappa shape index (κ3) is 8.52. The Morgan fingerprint density at radius 2 is 1.60 bits per heavy atom. The Hall–Kier alpha value is -6.90. The molecule has 6 rings (SSSR count). The van der Waals surface area contributed by atoms with Crippen LogP contribution in [-0.2, 0) is 4.79 Å². The van der Waals surface area contributed by atoms with E-state index in [4.69, 9.17) is 21.7 Å².